The Balaban J connectivity index is 1.37. The fraction of sp³-hybridized carbons (Fsp3) is 0.189. The molecule has 0 aliphatic carbocycles. The van der Waals surface area contributed by atoms with Crippen molar-refractivity contribution in [1.29, 1.82) is 0 Å². The Morgan fingerprint density at radius 2 is 1.02 bits per heavy atom. The molecule has 2 nitrogen and oxygen atoms in total. The summed E-state index contributed by atoms with van der Waals surface area (Å²) in [5.74, 6) is -8.90. The zero-order valence-corrected chi connectivity index (χ0v) is 25.6. The maximum Gasteiger partial charge on any atom is 0.573 e. The molecule has 0 bridgehead atoms. The standard InChI is InChI=1S/C37H26F10O2/c1-2-3-4-5-21-6-8-22(9-7-21)23-10-15-28(29(38)16-23)24-17-30(39)34(31(40)18-24)25-19-32(41)35(33(42)20-25)36(43,44)48-26-11-13-27(14-12-26)49-37(45,46)47/h6-20H,2-5H2,1H3. The molecule has 0 atom stereocenters. The minimum absolute atomic E-state index is 0.160. The van der Waals surface area contributed by atoms with Crippen LogP contribution >= 0.6 is 0 Å². The lowest BCUT2D eigenvalue weighted by Crippen LogP contribution is -2.25. The second-order valence-electron chi connectivity index (χ2n) is 11.1. The summed E-state index contributed by atoms with van der Waals surface area (Å²) in [5.41, 5.74) is -1.65. The van der Waals surface area contributed by atoms with Gasteiger partial charge in [-0.25, -0.2) is 22.0 Å². The molecule has 0 radical (unpaired) electrons. The van der Waals surface area contributed by atoms with E-state index < -0.39 is 69.7 Å². The first-order valence-electron chi connectivity index (χ1n) is 15.0. The highest BCUT2D eigenvalue weighted by Gasteiger charge is 2.41. The van der Waals surface area contributed by atoms with E-state index in [9.17, 15) is 30.7 Å². The van der Waals surface area contributed by atoms with Crippen LogP contribution in [0.4, 0.5) is 43.9 Å². The van der Waals surface area contributed by atoms with Crippen LogP contribution in [0.3, 0.4) is 0 Å². The van der Waals surface area contributed by atoms with Crippen LogP contribution in [-0.2, 0) is 12.5 Å². The van der Waals surface area contributed by atoms with E-state index in [0.29, 0.717) is 29.8 Å². The molecule has 0 heterocycles. The SMILES string of the molecule is CCCCCc1ccc(-c2ccc(-c3cc(F)c(-c4cc(F)c(C(F)(F)Oc5ccc(OC(F)(F)F)cc5)c(F)c4)c(F)c3)c(F)c2)cc1. The van der Waals surface area contributed by atoms with Crippen LogP contribution in [0.2, 0.25) is 0 Å². The summed E-state index contributed by atoms with van der Waals surface area (Å²) < 4.78 is 150. The van der Waals surface area contributed by atoms with E-state index in [2.05, 4.69) is 16.4 Å². The van der Waals surface area contributed by atoms with Gasteiger partial charge in [-0.1, -0.05) is 56.2 Å². The normalized spacial score (nSPS) is 11.9. The van der Waals surface area contributed by atoms with Gasteiger partial charge in [0, 0.05) is 5.56 Å². The summed E-state index contributed by atoms with van der Waals surface area (Å²) in [6, 6.07) is 16.3. The molecule has 0 saturated heterocycles. The summed E-state index contributed by atoms with van der Waals surface area (Å²) in [5, 5.41) is 0. The van der Waals surface area contributed by atoms with E-state index in [1.807, 2.05) is 24.3 Å². The summed E-state index contributed by atoms with van der Waals surface area (Å²) in [4.78, 5) is 0. The lowest BCUT2D eigenvalue weighted by molar-refractivity contribution is -0.274. The Kier molecular flexibility index (Phi) is 10.3. The fourth-order valence-corrected chi connectivity index (χ4v) is 5.28. The van der Waals surface area contributed by atoms with Crippen molar-refractivity contribution in [2.75, 3.05) is 0 Å². The number of hydrogen-bond donors (Lipinski definition) is 0. The van der Waals surface area contributed by atoms with E-state index >= 15 is 13.2 Å². The van der Waals surface area contributed by atoms with Crippen LogP contribution in [0.25, 0.3) is 33.4 Å². The second kappa shape index (κ2) is 14.2. The van der Waals surface area contributed by atoms with Crippen molar-refractivity contribution >= 4 is 0 Å². The number of hydrogen-bond acceptors (Lipinski definition) is 2. The number of benzene rings is 5. The molecule has 0 aliphatic rings. The van der Waals surface area contributed by atoms with Gasteiger partial charge in [-0.05, 0) is 95.3 Å². The smallest absolute Gasteiger partial charge is 0.429 e. The number of halogens is 10. The predicted octanol–water partition coefficient (Wildman–Crippen LogP) is 12.1. The molecule has 0 spiro atoms. The average Bonchev–Trinajstić information content (AvgIpc) is 3.01. The van der Waals surface area contributed by atoms with Crippen LogP contribution in [0.1, 0.15) is 37.3 Å². The first-order chi connectivity index (χ1) is 23.1. The molecule has 5 aromatic rings. The maximum absolute atomic E-state index is 15.3. The van der Waals surface area contributed by atoms with E-state index in [4.69, 9.17) is 0 Å². The zero-order valence-electron chi connectivity index (χ0n) is 25.6. The highest BCUT2D eigenvalue weighted by molar-refractivity contribution is 5.75. The molecule has 0 fully saturated rings. The van der Waals surface area contributed by atoms with Gasteiger partial charge in [-0.3, -0.25) is 0 Å². The molecule has 5 aromatic carbocycles. The van der Waals surface area contributed by atoms with Crippen LogP contribution in [0, 0.1) is 29.1 Å². The topological polar surface area (TPSA) is 18.5 Å². The van der Waals surface area contributed by atoms with Gasteiger partial charge < -0.3 is 9.47 Å². The van der Waals surface area contributed by atoms with Gasteiger partial charge in [-0.15, -0.1) is 13.2 Å². The molecule has 0 aromatic heterocycles. The van der Waals surface area contributed by atoms with Crippen molar-refractivity contribution in [2.45, 2.75) is 45.1 Å². The van der Waals surface area contributed by atoms with E-state index in [1.165, 1.54) is 12.1 Å². The summed E-state index contributed by atoms with van der Waals surface area (Å²) in [7, 11) is 0. The van der Waals surface area contributed by atoms with Gasteiger partial charge in [0.05, 0.1) is 5.56 Å². The fourth-order valence-electron chi connectivity index (χ4n) is 5.28. The Labute approximate surface area is 274 Å². The molecule has 0 aliphatic heterocycles. The van der Waals surface area contributed by atoms with E-state index in [0.717, 1.165) is 48.9 Å². The van der Waals surface area contributed by atoms with E-state index in [1.54, 1.807) is 6.07 Å². The Morgan fingerprint density at radius 3 is 1.55 bits per heavy atom. The van der Waals surface area contributed by atoms with Gasteiger partial charge in [0.15, 0.2) is 0 Å². The molecular formula is C37H26F10O2. The molecule has 0 unspecified atom stereocenters. The molecule has 49 heavy (non-hydrogen) atoms. The van der Waals surface area contributed by atoms with Crippen molar-refractivity contribution in [3.8, 4) is 44.9 Å². The number of aryl methyl sites for hydroxylation is 1. The molecule has 0 saturated carbocycles. The quantitative estimate of drug-likeness (QED) is 0.101. The lowest BCUT2D eigenvalue weighted by atomic mass is 9.95. The van der Waals surface area contributed by atoms with Gasteiger partial charge >= 0.3 is 12.5 Å². The van der Waals surface area contributed by atoms with Crippen LogP contribution in [0.5, 0.6) is 11.5 Å². The highest BCUT2D eigenvalue weighted by atomic mass is 19.4. The summed E-state index contributed by atoms with van der Waals surface area (Å²) >= 11 is 0. The molecule has 0 N–H and O–H groups in total. The van der Waals surface area contributed by atoms with Crippen LogP contribution in [-0.4, -0.2) is 6.36 Å². The van der Waals surface area contributed by atoms with Crippen LogP contribution < -0.4 is 9.47 Å². The van der Waals surface area contributed by atoms with Crippen molar-refractivity contribution in [2.24, 2.45) is 0 Å². The zero-order chi connectivity index (χ0) is 35.5. The third-order valence-corrected chi connectivity index (χ3v) is 7.60. The Morgan fingerprint density at radius 1 is 0.510 bits per heavy atom. The van der Waals surface area contributed by atoms with Crippen LogP contribution in [0.15, 0.2) is 91.0 Å². The number of unbranched alkanes of at least 4 members (excludes halogenated alkanes) is 2. The Bertz CT molecular complexity index is 1890. The van der Waals surface area contributed by atoms with Gasteiger partial charge in [0.25, 0.3) is 0 Å². The maximum atomic E-state index is 15.3. The second-order valence-corrected chi connectivity index (χ2v) is 11.1. The molecule has 256 valence electrons. The molecule has 0 amide bonds. The largest absolute Gasteiger partial charge is 0.573 e. The predicted molar refractivity (Wildman–Crippen MR) is 163 cm³/mol. The van der Waals surface area contributed by atoms with Crippen molar-refractivity contribution in [3.63, 3.8) is 0 Å². The number of alkyl halides is 5. The summed E-state index contributed by atoms with van der Waals surface area (Å²) in [6.45, 7) is 2.11. The van der Waals surface area contributed by atoms with Gasteiger partial charge in [0.1, 0.15) is 46.1 Å². The minimum atomic E-state index is -5.05. The average molecular weight is 693 g/mol. The van der Waals surface area contributed by atoms with E-state index in [-0.39, 0.29) is 23.3 Å². The number of rotatable bonds is 11. The highest BCUT2D eigenvalue weighted by Crippen LogP contribution is 2.40. The monoisotopic (exact) mass is 692 g/mol. The van der Waals surface area contributed by atoms with Gasteiger partial charge in [0.2, 0.25) is 0 Å². The first kappa shape index (κ1) is 35.3. The van der Waals surface area contributed by atoms with Crippen molar-refractivity contribution in [1.82, 2.24) is 0 Å². The molecule has 12 heteroatoms. The minimum Gasteiger partial charge on any atom is -0.429 e. The summed E-state index contributed by atoms with van der Waals surface area (Å²) in [6.07, 6.45) is -5.58. The Hall–Kier alpha value is -5.00. The molecule has 5 rings (SSSR count). The third kappa shape index (κ3) is 8.36. The number of ether oxygens (including phenoxy) is 2. The van der Waals surface area contributed by atoms with Gasteiger partial charge in [-0.2, -0.15) is 8.78 Å². The lowest BCUT2D eigenvalue weighted by Gasteiger charge is -2.20. The molecular weight excluding hydrogens is 666 g/mol. The van der Waals surface area contributed by atoms with Crippen molar-refractivity contribution in [3.05, 3.63) is 131 Å². The first-order valence-corrected chi connectivity index (χ1v) is 15.0. The third-order valence-electron chi connectivity index (χ3n) is 7.60. The van der Waals surface area contributed by atoms with Crippen molar-refractivity contribution < 1.29 is 53.4 Å².